The third kappa shape index (κ3) is 4.25. The van der Waals surface area contributed by atoms with Gasteiger partial charge < -0.3 is 10.2 Å². The highest BCUT2D eigenvalue weighted by Gasteiger charge is 2.27. The van der Waals surface area contributed by atoms with Crippen LogP contribution in [0, 0.1) is 6.92 Å². The van der Waals surface area contributed by atoms with E-state index in [9.17, 15) is 13.2 Å². The maximum Gasteiger partial charge on any atom is 0.333 e. The number of sulfonamides is 1. The molecule has 33 heavy (non-hydrogen) atoms. The van der Waals surface area contributed by atoms with Gasteiger partial charge in [-0.2, -0.15) is 0 Å². The predicted molar refractivity (Wildman–Crippen MR) is 128 cm³/mol. The summed E-state index contributed by atoms with van der Waals surface area (Å²) in [5.74, 6) is 0. The number of fused-ring (bicyclic) bond motifs is 2. The summed E-state index contributed by atoms with van der Waals surface area (Å²) in [4.78, 5) is 24.5. The first-order chi connectivity index (χ1) is 15.8. The minimum absolute atomic E-state index is 0.170. The Labute approximate surface area is 197 Å². The number of amides is 2. The van der Waals surface area contributed by atoms with Crippen molar-refractivity contribution in [3.63, 3.8) is 0 Å². The first kappa shape index (κ1) is 22.0. The van der Waals surface area contributed by atoms with E-state index < -0.39 is 16.1 Å². The lowest BCUT2D eigenvalue weighted by atomic mass is 9.97. The van der Waals surface area contributed by atoms with Gasteiger partial charge in [0, 0.05) is 41.0 Å². The number of aromatic nitrogens is 2. The number of nitrogens with zero attached hydrogens (tertiary/aromatic N) is 3. The molecule has 0 radical (unpaired) electrons. The van der Waals surface area contributed by atoms with Crippen molar-refractivity contribution in [3.05, 3.63) is 58.0 Å². The molecule has 10 heteroatoms. The van der Waals surface area contributed by atoms with Crippen molar-refractivity contribution in [2.75, 3.05) is 18.9 Å². The number of anilines is 1. The summed E-state index contributed by atoms with van der Waals surface area (Å²) >= 11 is 1.24. The van der Waals surface area contributed by atoms with Gasteiger partial charge in [0.25, 0.3) is 10.0 Å². The number of hydrogen-bond donors (Lipinski definition) is 2. The van der Waals surface area contributed by atoms with Gasteiger partial charge in [-0.1, -0.05) is 12.1 Å². The highest BCUT2D eigenvalue weighted by molar-refractivity contribution is 7.92. The summed E-state index contributed by atoms with van der Waals surface area (Å²) in [5, 5.41) is 2.84. The van der Waals surface area contributed by atoms with Gasteiger partial charge in [0.1, 0.15) is 10.5 Å². The third-order valence-electron chi connectivity index (χ3n) is 6.25. The molecular weight excluding hydrogens is 458 g/mol. The molecule has 0 atom stereocenters. The molecule has 2 amide bonds. The number of carbonyl (C=O) groups excluding carboxylic acids is 1. The molecule has 0 spiro atoms. The van der Waals surface area contributed by atoms with E-state index in [-0.39, 0.29) is 4.21 Å². The lowest BCUT2D eigenvalue weighted by molar-refractivity contribution is 0.256. The zero-order valence-electron chi connectivity index (χ0n) is 18.5. The van der Waals surface area contributed by atoms with Gasteiger partial charge >= 0.3 is 6.03 Å². The van der Waals surface area contributed by atoms with Gasteiger partial charge in [0.15, 0.2) is 0 Å². The Morgan fingerprint density at radius 3 is 2.82 bits per heavy atom. The molecule has 2 aromatic heterocycles. The van der Waals surface area contributed by atoms with E-state index in [0.29, 0.717) is 12.2 Å². The van der Waals surface area contributed by atoms with Crippen molar-refractivity contribution in [3.8, 4) is 11.1 Å². The quantitative estimate of drug-likeness (QED) is 0.589. The van der Waals surface area contributed by atoms with Gasteiger partial charge in [0.2, 0.25) is 0 Å². The second-order valence-corrected chi connectivity index (χ2v) is 11.6. The second-order valence-electron chi connectivity index (χ2n) is 8.56. The summed E-state index contributed by atoms with van der Waals surface area (Å²) < 4.78 is 28.3. The Hall–Kier alpha value is -2.82. The Morgan fingerprint density at radius 2 is 2.00 bits per heavy atom. The number of aryl methyl sites for hydroxylation is 2. The molecule has 8 nitrogen and oxygen atoms in total. The summed E-state index contributed by atoms with van der Waals surface area (Å²) in [6, 6.07) is 4.93. The zero-order chi connectivity index (χ0) is 23.2. The molecule has 0 saturated carbocycles. The lowest BCUT2D eigenvalue weighted by Crippen LogP contribution is -2.34. The fourth-order valence-corrected chi connectivity index (χ4v) is 7.03. The summed E-state index contributed by atoms with van der Waals surface area (Å²) in [7, 11) is -1.97. The number of hydrogen-bond acceptors (Lipinski definition) is 7. The molecule has 0 bridgehead atoms. The fourth-order valence-electron chi connectivity index (χ4n) is 4.58. The number of carbonyl (C=O) groups is 1. The lowest BCUT2D eigenvalue weighted by Gasteiger charge is -2.21. The standard InChI is InChI=1S/C23H25N5O3S2/c1-14-19(11-24-13-25-14)18-7-6-15-4-3-5-17(15)22(18)26-23(29)27-33(30,31)21-10-16-12-28(2)9-8-20(16)32-21/h6-7,10-11,13H,3-5,8-9,12H2,1-2H3,(H2,26,27,29). The number of thiophene rings is 1. The zero-order valence-corrected chi connectivity index (χ0v) is 20.1. The van der Waals surface area contributed by atoms with Crippen LogP contribution < -0.4 is 10.0 Å². The third-order valence-corrected chi connectivity index (χ3v) is 9.29. The number of benzene rings is 1. The molecule has 2 N–H and O–H groups in total. The topological polar surface area (TPSA) is 104 Å². The summed E-state index contributed by atoms with van der Waals surface area (Å²) in [6.07, 6.45) is 6.76. The SMILES string of the molecule is Cc1ncncc1-c1ccc2c(c1NC(=O)NS(=O)(=O)c1cc3c(s1)CCN(C)C3)CCC2. The van der Waals surface area contributed by atoms with E-state index in [1.165, 1.54) is 23.2 Å². The molecule has 0 unspecified atom stereocenters. The van der Waals surface area contributed by atoms with E-state index in [2.05, 4.69) is 31.0 Å². The highest BCUT2D eigenvalue weighted by Crippen LogP contribution is 2.38. The Kier molecular flexibility index (Phi) is 5.67. The van der Waals surface area contributed by atoms with Crippen LogP contribution in [0.1, 0.15) is 33.7 Å². The van der Waals surface area contributed by atoms with Crippen molar-refractivity contribution in [2.24, 2.45) is 0 Å². The largest absolute Gasteiger partial charge is 0.333 e. The molecule has 1 aliphatic heterocycles. The molecule has 172 valence electrons. The van der Waals surface area contributed by atoms with Crippen molar-refractivity contribution >= 4 is 33.1 Å². The Morgan fingerprint density at radius 1 is 1.15 bits per heavy atom. The van der Waals surface area contributed by atoms with E-state index in [1.807, 2.05) is 20.0 Å². The smallest absolute Gasteiger partial charge is 0.306 e. The number of likely N-dealkylation sites (N-methyl/N-ethyl adjacent to an activating group) is 1. The molecule has 0 saturated heterocycles. The van der Waals surface area contributed by atoms with E-state index >= 15 is 0 Å². The number of nitrogens with one attached hydrogen (secondary N) is 2. The van der Waals surface area contributed by atoms with Crippen molar-refractivity contribution in [1.29, 1.82) is 0 Å². The first-order valence-electron chi connectivity index (χ1n) is 10.9. The Bertz CT molecular complexity index is 1350. The van der Waals surface area contributed by atoms with Crippen LogP contribution in [-0.4, -0.2) is 42.9 Å². The average molecular weight is 484 g/mol. The van der Waals surface area contributed by atoms with E-state index in [1.54, 1.807) is 12.3 Å². The molecule has 1 aliphatic carbocycles. The van der Waals surface area contributed by atoms with Crippen molar-refractivity contribution in [1.82, 2.24) is 19.6 Å². The van der Waals surface area contributed by atoms with Crippen LogP contribution in [0.2, 0.25) is 0 Å². The van der Waals surface area contributed by atoms with Crippen LogP contribution in [0.15, 0.2) is 34.9 Å². The van der Waals surface area contributed by atoms with Gasteiger partial charge in [0.05, 0.1) is 5.69 Å². The van der Waals surface area contributed by atoms with Gasteiger partial charge in [-0.25, -0.2) is 27.9 Å². The normalized spacial score (nSPS) is 15.7. The minimum atomic E-state index is -3.98. The van der Waals surface area contributed by atoms with Gasteiger partial charge in [-0.15, -0.1) is 11.3 Å². The van der Waals surface area contributed by atoms with Crippen LogP contribution in [-0.2, 0) is 35.8 Å². The molecule has 0 fully saturated rings. The number of rotatable bonds is 4. The fraction of sp³-hybridized carbons (Fsp3) is 0.348. The summed E-state index contributed by atoms with van der Waals surface area (Å²) in [5.41, 5.74) is 6.23. The number of urea groups is 1. The molecule has 1 aromatic carbocycles. The summed E-state index contributed by atoms with van der Waals surface area (Å²) in [6.45, 7) is 3.49. The molecule has 3 aromatic rings. The molecule has 2 aliphatic rings. The molecule has 3 heterocycles. The monoisotopic (exact) mass is 483 g/mol. The van der Waals surface area contributed by atoms with Crippen LogP contribution in [0.4, 0.5) is 10.5 Å². The predicted octanol–water partition coefficient (Wildman–Crippen LogP) is 3.50. The minimum Gasteiger partial charge on any atom is -0.306 e. The first-order valence-corrected chi connectivity index (χ1v) is 13.2. The maximum atomic E-state index is 13.0. The Balaban J connectivity index is 1.44. The molecular formula is C23H25N5O3S2. The highest BCUT2D eigenvalue weighted by atomic mass is 32.2. The van der Waals surface area contributed by atoms with E-state index in [0.717, 1.165) is 65.1 Å². The van der Waals surface area contributed by atoms with Crippen molar-refractivity contribution in [2.45, 2.75) is 43.4 Å². The van der Waals surface area contributed by atoms with E-state index in [4.69, 9.17) is 0 Å². The van der Waals surface area contributed by atoms with Crippen LogP contribution in [0.25, 0.3) is 11.1 Å². The average Bonchev–Trinajstić information content (AvgIpc) is 3.41. The maximum absolute atomic E-state index is 13.0. The van der Waals surface area contributed by atoms with Gasteiger partial charge in [-0.3, -0.25) is 0 Å². The van der Waals surface area contributed by atoms with Crippen LogP contribution in [0.3, 0.4) is 0 Å². The van der Waals surface area contributed by atoms with Crippen LogP contribution in [0.5, 0.6) is 0 Å². The second kappa shape index (κ2) is 8.51. The van der Waals surface area contributed by atoms with Crippen molar-refractivity contribution < 1.29 is 13.2 Å². The van der Waals surface area contributed by atoms with Gasteiger partial charge in [-0.05, 0) is 62.4 Å². The van der Waals surface area contributed by atoms with Crippen LogP contribution >= 0.6 is 11.3 Å². The molecule has 5 rings (SSSR count).